The number of hydrogen-bond acceptors (Lipinski definition) is 5. The van der Waals surface area contributed by atoms with Crippen molar-refractivity contribution in [3.05, 3.63) is 40.1 Å². The first kappa shape index (κ1) is 22.2. The average molecular weight is 450 g/mol. The smallest absolute Gasteiger partial charge is 0.302 e. The van der Waals surface area contributed by atoms with Gasteiger partial charge in [-0.25, -0.2) is 8.78 Å². The normalized spacial score (nSPS) is 17.2. The molecule has 1 saturated heterocycles. The van der Waals surface area contributed by atoms with Gasteiger partial charge in [0.25, 0.3) is 0 Å². The second-order valence-corrected chi connectivity index (χ2v) is 9.60. The number of benzene rings is 1. The molecule has 4 nitrogen and oxygen atoms in total. The summed E-state index contributed by atoms with van der Waals surface area (Å²) in [7, 11) is 0. The average Bonchev–Trinajstić information content (AvgIpc) is 3.43. The van der Waals surface area contributed by atoms with Crippen LogP contribution in [0.1, 0.15) is 43.9 Å². The molecule has 4 rings (SSSR count). The third-order valence-electron chi connectivity index (χ3n) is 6.06. The van der Waals surface area contributed by atoms with E-state index in [4.69, 9.17) is 9.47 Å². The van der Waals surface area contributed by atoms with Crippen LogP contribution in [-0.4, -0.2) is 32.3 Å². The number of carbonyl (C=O) groups is 1. The maximum atomic E-state index is 14.9. The Labute approximate surface area is 186 Å². The van der Waals surface area contributed by atoms with Crippen LogP contribution in [0, 0.1) is 23.5 Å². The number of esters is 1. The Bertz CT molecular complexity index is 881. The fourth-order valence-corrected chi connectivity index (χ4v) is 4.90. The fourth-order valence-electron chi connectivity index (χ4n) is 4.07. The monoisotopic (exact) mass is 449 g/mol. The summed E-state index contributed by atoms with van der Waals surface area (Å²) in [6.45, 7) is 4.35. The second kappa shape index (κ2) is 10.1. The van der Waals surface area contributed by atoms with Gasteiger partial charge in [0.15, 0.2) is 0 Å². The van der Waals surface area contributed by atoms with Crippen molar-refractivity contribution in [3.8, 4) is 11.1 Å². The van der Waals surface area contributed by atoms with E-state index in [1.807, 2.05) is 11.4 Å². The summed E-state index contributed by atoms with van der Waals surface area (Å²) >= 11 is 1.56. The lowest BCUT2D eigenvalue weighted by atomic mass is 9.93. The minimum atomic E-state index is -0.522. The predicted octanol–water partition coefficient (Wildman–Crippen LogP) is 5.79. The summed E-state index contributed by atoms with van der Waals surface area (Å²) in [4.78, 5) is 13.7. The van der Waals surface area contributed by atoms with Gasteiger partial charge in [0.1, 0.15) is 17.3 Å². The van der Waals surface area contributed by atoms with Gasteiger partial charge in [-0.15, -0.1) is 11.3 Å². The summed E-state index contributed by atoms with van der Waals surface area (Å²) in [5.41, 5.74) is 1.44. The number of piperidine rings is 1. The Morgan fingerprint density at radius 2 is 1.77 bits per heavy atom. The molecule has 7 heteroatoms. The van der Waals surface area contributed by atoms with Crippen LogP contribution in [-0.2, 0) is 20.9 Å². The van der Waals surface area contributed by atoms with Crippen LogP contribution in [0.5, 0.6) is 0 Å². The van der Waals surface area contributed by atoms with Gasteiger partial charge in [0, 0.05) is 31.5 Å². The van der Waals surface area contributed by atoms with E-state index in [0.29, 0.717) is 43.7 Å². The molecule has 0 radical (unpaired) electrons. The summed E-state index contributed by atoms with van der Waals surface area (Å²) in [5, 5.41) is 1.93. The molecule has 2 fully saturated rings. The first-order valence-electron chi connectivity index (χ1n) is 11.0. The second-order valence-electron chi connectivity index (χ2n) is 8.61. The fraction of sp³-hybridized carbons (Fsp3) is 0.542. The topological polar surface area (TPSA) is 38.8 Å². The number of halogens is 2. The Hall–Kier alpha value is -1.99. The van der Waals surface area contributed by atoms with Gasteiger partial charge in [-0.2, -0.15) is 0 Å². The minimum absolute atomic E-state index is 0.0606. The van der Waals surface area contributed by atoms with Crippen molar-refractivity contribution < 1.29 is 23.0 Å². The van der Waals surface area contributed by atoms with E-state index in [0.717, 1.165) is 36.3 Å². The molecule has 2 heterocycles. The molecule has 1 aliphatic heterocycles. The van der Waals surface area contributed by atoms with E-state index >= 15 is 0 Å². The van der Waals surface area contributed by atoms with Crippen LogP contribution in [0.15, 0.2) is 23.6 Å². The molecule has 0 spiro atoms. The van der Waals surface area contributed by atoms with Crippen molar-refractivity contribution in [2.75, 3.05) is 31.2 Å². The van der Waals surface area contributed by atoms with Crippen molar-refractivity contribution in [1.82, 2.24) is 0 Å². The van der Waals surface area contributed by atoms with Gasteiger partial charge >= 0.3 is 5.97 Å². The SMILES string of the molecule is CC(=O)OCCC1CCN(c2c(F)cc(-c3csc(COCC4CC4)c3)cc2F)CC1. The molecule has 0 amide bonds. The number of carbonyl (C=O) groups excluding carboxylic acids is 1. The lowest BCUT2D eigenvalue weighted by Gasteiger charge is -2.34. The van der Waals surface area contributed by atoms with E-state index in [9.17, 15) is 13.6 Å². The Morgan fingerprint density at radius 1 is 1.06 bits per heavy atom. The van der Waals surface area contributed by atoms with Gasteiger partial charge in [-0.05, 0) is 78.6 Å². The van der Waals surface area contributed by atoms with E-state index in [1.54, 1.807) is 16.2 Å². The van der Waals surface area contributed by atoms with E-state index < -0.39 is 11.6 Å². The molecule has 0 atom stereocenters. The highest BCUT2D eigenvalue weighted by Gasteiger charge is 2.25. The number of ether oxygens (including phenoxy) is 2. The lowest BCUT2D eigenvalue weighted by molar-refractivity contribution is -0.141. The zero-order valence-electron chi connectivity index (χ0n) is 17.9. The molecule has 1 aromatic heterocycles. The molecule has 0 N–H and O–H groups in total. The number of anilines is 1. The highest BCUT2D eigenvalue weighted by Crippen LogP contribution is 2.35. The van der Waals surface area contributed by atoms with E-state index in [-0.39, 0.29) is 11.7 Å². The summed E-state index contributed by atoms with van der Waals surface area (Å²) in [5.74, 6) is -0.191. The number of rotatable bonds is 9. The first-order valence-corrected chi connectivity index (χ1v) is 11.9. The number of hydrogen-bond donors (Lipinski definition) is 0. The van der Waals surface area contributed by atoms with E-state index in [2.05, 4.69) is 0 Å². The molecule has 2 aliphatic rings. The molecule has 168 valence electrons. The molecule has 2 aromatic rings. The summed E-state index contributed by atoms with van der Waals surface area (Å²) in [6.07, 6.45) is 4.97. The van der Waals surface area contributed by atoms with Crippen LogP contribution < -0.4 is 4.90 Å². The highest BCUT2D eigenvalue weighted by molar-refractivity contribution is 7.10. The molecule has 0 unspecified atom stereocenters. The minimum Gasteiger partial charge on any atom is -0.466 e. The van der Waals surface area contributed by atoms with Crippen molar-refractivity contribution in [2.24, 2.45) is 11.8 Å². The molecule has 0 bridgehead atoms. The quantitative estimate of drug-likeness (QED) is 0.454. The maximum Gasteiger partial charge on any atom is 0.302 e. The number of thiophene rings is 1. The predicted molar refractivity (Wildman–Crippen MR) is 118 cm³/mol. The van der Waals surface area contributed by atoms with Crippen LogP contribution in [0.3, 0.4) is 0 Å². The van der Waals surface area contributed by atoms with E-state index in [1.165, 1.54) is 31.9 Å². The zero-order chi connectivity index (χ0) is 21.8. The molecular weight excluding hydrogens is 420 g/mol. The van der Waals surface area contributed by atoms with Crippen molar-refractivity contribution in [2.45, 2.75) is 45.6 Å². The lowest BCUT2D eigenvalue weighted by Crippen LogP contribution is -2.35. The first-order chi connectivity index (χ1) is 15.0. The standard InChI is InChI=1S/C24H29F2NO3S/c1-16(28)30-9-6-17-4-7-27(8-5-17)24-22(25)11-19(12-23(24)26)20-10-21(31-15-20)14-29-13-18-2-3-18/h10-12,15,17-18H,2-9,13-14H2,1H3. The molecule has 1 aliphatic carbocycles. The van der Waals surface area contributed by atoms with Crippen LogP contribution in [0.2, 0.25) is 0 Å². The van der Waals surface area contributed by atoms with Gasteiger partial charge < -0.3 is 14.4 Å². The zero-order valence-corrected chi connectivity index (χ0v) is 18.7. The molecule has 1 aromatic carbocycles. The third-order valence-corrected chi connectivity index (χ3v) is 6.97. The van der Waals surface area contributed by atoms with Crippen LogP contribution >= 0.6 is 11.3 Å². The number of nitrogens with zero attached hydrogens (tertiary/aromatic N) is 1. The largest absolute Gasteiger partial charge is 0.466 e. The van der Waals surface area contributed by atoms with Crippen molar-refractivity contribution in [3.63, 3.8) is 0 Å². The van der Waals surface area contributed by atoms with Crippen molar-refractivity contribution >= 4 is 23.0 Å². The van der Waals surface area contributed by atoms with Crippen molar-refractivity contribution in [1.29, 1.82) is 0 Å². The summed E-state index contributed by atoms with van der Waals surface area (Å²) in [6, 6.07) is 4.82. The van der Waals surface area contributed by atoms with Gasteiger partial charge in [0.2, 0.25) is 0 Å². The van der Waals surface area contributed by atoms with Gasteiger partial charge in [-0.1, -0.05) is 0 Å². The van der Waals surface area contributed by atoms with Gasteiger partial charge in [-0.3, -0.25) is 4.79 Å². The molecular formula is C24H29F2NO3S. The van der Waals surface area contributed by atoms with Gasteiger partial charge in [0.05, 0.1) is 13.2 Å². The molecule has 1 saturated carbocycles. The van der Waals surface area contributed by atoms with Crippen LogP contribution in [0.25, 0.3) is 11.1 Å². The Morgan fingerprint density at radius 3 is 2.42 bits per heavy atom. The highest BCUT2D eigenvalue weighted by atomic mass is 32.1. The maximum absolute atomic E-state index is 14.9. The Balaban J connectivity index is 1.35. The summed E-state index contributed by atoms with van der Waals surface area (Å²) < 4.78 is 40.6. The third kappa shape index (κ3) is 6.04. The Kier molecular flexibility index (Phi) is 7.23. The molecule has 31 heavy (non-hydrogen) atoms. The van der Waals surface area contributed by atoms with Crippen LogP contribution in [0.4, 0.5) is 14.5 Å².